The van der Waals surface area contributed by atoms with Gasteiger partial charge in [-0.3, -0.25) is 4.98 Å². The summed E-state index contributed by atoms with van der Waals surface area (Å²) in [5.74, 6) is 0.792. The molecule has 0 amide bonds. The summed E-state index contributed by atoms with van der Waals surface area (Å²) in [6, 6.07) is 17.7. The van der Waals surface area contributed by atoms with Crippen molar-refractivity contribution in [1.29, 1.82) is 0 Å². The van der Waals surface area contributed by atoms with Crippen molar-refractivity contribution >= 4 is 5.70 Å². The molecule has 0 unspecified atom stereocenters. The Hall–Kier alpha value is -3.80. The summed E-state index contributed by atoms with van der Waals surface area (Å²) >= 11 is 0. The van der Waals surface area contributed by atoms with E-state index >= 15 is 0 Å². The first-order chi connectivity index (χ1) is 13.6. The highest BCUT2D eigenvalue weighted by atomic mass is 16.4. The summed E-state index contributed by atoms with van der Waals surface area (Å²) in [6.07, 6.45) is 3.34. The fourth-order valence-electron chi connectivity index (χ4n) is 2.72. The van der Waals surface area contributed by atoms with Crippen LogP contribution in [0.2, 0.25) is 0 Å². The molecule has 0 radical (unpaired) electrons. The van der Waals surface area contributed by atoms with Crippen LogP contribution in [0.1, 0.15) is 5.56 Å². The van der Waals surface area contributed by atoms with E-state index in [2.05, 4.69) is 26.7 Å². The zero-order valence-corrected chi connectivity index (χ0v) is 15.7. The molecule has 0 saturated heterocycles. The van der Waals surface area contributed by atoms with Gasteiger partial charge in [0.2, 0.25) is 5.89 Å². The van der Waals surface area contributed by atoms with E-state index < -0.39 is 0 Å². The number of hydrogen-bond donors (Lipinski definition) is 0. The van der Waals surface area contributed by atoms with Gasteiger partial charge in [-0.2, -0.15) is 0 Å². The SMILES string of the molecule is C=C(c1ccc(-c2cncc(-c3nnc(-c4ccccc4)o3)n2)cc1)N(C)C. The standard InChI is InChI=1S/C22H19N5O/c1-15(27(2)3)16-9-11-17(12-10-16)19-13-23-14-20(24-19)22-26-25-21(28-22)18-7-5-4-6-8-18/h4-14H,1H2,2-3H3. The number of hydrogen-bond acceptors (Lipinski definition) is 6. The lowest BCUT2D eigenvalue weighted by atomic mass is 10.1. The Morgan fingerprint density at radius 1 is 0.821 bits per heavy atom. The maximum Gasteiger partial charge on any atom is 0.268 e. The Morgan fingerprint density at radius 2 is 1.50 bits per heavy atom. The van der Waals surface area contributed by atoms with Crippen molar-refractivity contribution in [2.45, 2.75) is 0 Å². The molecule has 4 aromatic rings. The van der Waals surface area contributed by atoms with Gasteiger partial charge < -0.3 is 9.32 Å². The molecule has 0 aliphatic rings. The molecule has 2 aromatic heterocycles. The third-order valence-electron chi connectivity index (χ3n) is 4.35. The summed E-state index contributed by atoms with van der Waals surface area (Å²) in [5, 5.41) is 8.23. The summed E-state index contributed by atoms with van der Waals surface area (Å²) in [6.45, 7) is 4.08. The molecule has 0 bridgehead atoms. The molecular weight excluding hydrogens is 350 g/mol. The normalized spacial score (nSPS) is 10.6. The molecule has 0 aliphatic heterocycles. The van der Waals surface area contributed by atoms with Crippen molar-refractivity contribution in [3.05, 3.63) is 79.1 Å². The first kappa shape index (κ1) is 17.6. The molecule has 0 atom stereocenters. The summed E-state index contributed by atoms with van der Waals surface area (Å²) in [7, 11) is 3.94. The zero-order chi connectivity index (χ0) is 19.5. The smallest absolute Gasteiger partial charge is 0.268 e. The number of benzene rings is 2. The molecule has 6 heteroatoms. The Labute approximate surface area is 163 Å². The van der Waals surface area contributed by atoms with Gasteiger partial charge in [-0.25, -0.2) is 4.98 Å². The van der Waals surface area contributed by atoms with Crippen LogP contribution in [0.3, 0.4) is 0 Å². The molecule has 138 valence electrons. The van der Waals surface area contributed by atoms with E-state index in [0.29, 0.717) is 17.5 Å². The van der Waals surface area contributed by atoms with E-state index in [1.54, 1.807) is 12.4 Å². The van der Waals surface area contributed by atoms with Gasteiger partial charge in [-0.1, -0.05) is 49.0 Å². The van der Waals surface area contributed by atoms with Crippen LogP contribution in [0.5, 0.6) is 0 Å². The molecule has 0 aliphatic carbocycles. The second kappa shape index (κ2) is 7.44. The van der Waals surface area contributed by atoms with Crippen molar-refractivity contribution in [2.75, 3.05) is 14.1 Å². The molecule has 2 heterocycles. The minimum Gasteiger partial charge on any atom is -0.415 e. The molecule has 0 N–H and O–H groups in total. The van der Waals surface area contributed by atoms with Gasteiger partial charge in [0, 0.05) is 30.9 Å². The highest BCUT2D eigenvalue weighted by Gasteiger charge is 2.13. The second-order valence-electron chi connectivity index (χ2n) is 6.49. The minimum absolute atomic E-state index is 0.339. The van der Waals surface area contributed by atoms with Gasteiger partial charge in [0.05, 0.1) is 18.1 Å². The third-order valence-corrected chi connectivity index (χ3v) is 4.35. The van der Waals surface area contributed by atoms with Crippen molar-refractivity contribution in [3.63, 3.8) is 0 Å². The highest BCUT2D eigenvalue weighted by Crippen LogP contribution is 2.25. The van der Waals surface area contributed by atoms with Crippen LogP contribution in [-0.4, -0.2) is 39.2 Å². The van der Waals surface area contributed by atoms with E-state index in [1.807, 2.05) is 73.6 Å². The quantitative estimate of drug-likeness (QED) is 0.520. The minimum atomic E-state index is 0.339. The van der Waals surface area contributed by atoms with Crippen LogP contribution in [-0.2, 0) is 0 Å². The fraction of sp³-hybridized carbons (Fsp3) is 0.0909. The van der Waals surface area contributed by atoms with Gasteiger partial charge in [-0.05, 0) is 17.7 Å². The fourth-order valence-corrected chi connectivity index (χ4v) is 2.72. The average Bonchev–Trinajstić information content (AvgIpc) is 3.24. The zero-order valence-electron chi connectivity index (χ0n) is 15.7. The maximum absolute atomic E-state index is 5.78. The average molecular weight is 369 g/mol. The summed E-state index contributed by atoms with van der Waals surface area (Å²) < 4.78 is 5.78. The molecule has 28 heavy (non-hydrogen) atoms. The van der Waals surface area contributed by atoms with Crippen molar-refractivity contribution in [3.8, 4) is 34.3 Å². The van der Waals surface area contributed by atoms with Crippen molar-refractivity contribution < 1.29 is 4.42 Å². The second-order valence-corrected chi connectivity index (χ2v) is 6.49. The summed E-state index contributed by atoms with van der Waals surface area (Å²) in [5.41, 5.74) is 5.09. The molecule has 2 aromatic carbocycles. The topological polar surface area (TPSA) is 67.9 Å². The van der Waals surface area contributed by atoms with E-state index in [-0.39, 0.29) is 0 Å². The van der Waals surface area contributed by atoms with Crippen LogP contribution in [0, 0.1) is 0 Å². The predicted octanol–water partition coefficient (Wildman–Crippen LogP) is 4.39. The van der Waals surface area contributed by atoms with E-state index in [0.717, 1.165) is 28.1 Å². The monoisotopic (exact) mass is 369 g/mol. The third kappa shape index (κ3) is 3.53. The molecular formula is C22H19N5O. The van der Waals surface area contributed by atoms with Gasteiger partial charge >= 0.3 is 0 Å². The van der Waals surface area contributed by atoms with E-state index in [4.69, 9.17) is 4.42 Å². The lowest BCUT2D eigenvalue weighted by Crippen LogP contribution is -2.08. The Morgan fingerprint density at radius 3 is 2.21 bits per heavy atom. The Kier molecular flexibility index (Phi) is 4.68. The molecule has 4 rings (SSSR count). The van der Waals surface area contributed by atoms with Crippen LogP contribution in [0.25, 0.3) is 40.0 Å². The van der Waals surface area contributed by atoms with E-state index in [1.165, 1.54) is 0 Å². The van der Waals surface area contributed by atoms with Gasteiger partial charge in [0.1, 0.15) is 5.69 Å². The highest BCUT2D eigenvalue weighted by molar-refractivity contribution is 5.67. The van der Waals surface area contributed by atoms with Crippen LogP contribution in [0.4, 0.5) is 0 Å². The van der Waals surface area contributed by atoms with Gasteiger partial charge in [0.15, 0.2) is 0 Å². The first-order valence-electron chi connectivity index (χ1n) is 8.80. The number of aromatic nitrogens is 4. The van der Waals surface area contributed by atoms with Crippen molar-refractivity contribution in [1.82, 2.24) is 25.1 Å². The Balaban J connectivity index is 1.62. The maximum atomic E-state index is 5.78. The molecule has 0 saturated carbocycles. The molecule has 0 spiro atoms. The first-order valence-corrected chi connectivity index (χ1v) is 8.80. The van der Waals surface area contributed by atoms with Gasteiger partial charge in [0.25, 0.3) is 5.89 Å². The Bertz CT molecular complexity index is 1100. The van der Waals surface area contributed by atoms with Crippen molar-refractivity contribution in [2.24, 2.45) is 0 Å². The number of nitrogens with zero attached hydrogens (tertiary/aromatic N) is 5. The van der Waals surface area contributed by atoms with Crippen LogP contribution < -0.4 is 0 Å². The molecule has 6 nitrogen and oxygen atoms in total. The predicted molar refractivity (Wildman–Crippen MR) is 109 cm³/mol. The number of rotatable bonds is 5. The summed E-state index contributed by atoms with van der Waals surface area (Å²) in [4.78, 5) is 10.9. The van der Waals surface area contributed by atoms with Gasteiger partial charge in [-0.15, -0.1) is 10.2 Å². The van der Waals surface area contributed by atoms with Crippen LogP contribution in [0.15, 0.2) is 78.0 Å². The lowest BCUT2D eigenvalue weighted by molar-refractivity contribution is 0.582. The van der Waals surface area contributed by atoms with Crippen LogP contribution >= 0.6 is 0 Å². The lowest BCUT2D eigenvalue weighted by Gasteiger charge is -2.15. The molecule has 0 fully saturated rings. The van der Waals surface area contributed by atoms with E-state index in [9.17, 15) is 0 Å². The largest absolute Gasteiger partial charge is 0.415 e.